The number of H-pyrrole nitrogens is 1. The molecule has 4 aromatic rings. The molecule has 2 aromatic carbocycles. The van der Waals surface area contributed by atoms with Gasteiger partial charge in [-0.15, -0.1) is 0 Å². The number of methoxy groups -OCH3 is 1. The topological polar surface area (TPSA) is 127 Å². The van der Waals surface area contributed by atoms with Crippen molar-refractivity contribution >= 4 is 43.2 Å². The van der Waals surface area contributed by atoms with Crippen LogP contribution in [0.5, 0.6) is 5.75 Å². The van der Waals surface area contributed by atoms with Crippen molar-refractivity contribution in [2.45, 2.75) is 4.90 Å². The van der Waals surface area contributed by atoms with Crippen LogP contribution in [0.25, 0.3) is 21.8 Å². The van der Waals surface area contributed by atoms with Gasteiger partial charge in [0, 0.05) is 46.0 Å². The second kappa shape index (κ2) is 6.50. The molecule has 4 rings (SSSR count). The first-order chi connectivity index (χ1) is 13.4. The Bertz CT molecular complexity index is 1330. The van der Waals surface area contributed by atoms with E-state index in [0.717, 1.165) is 27.9 Å². The van der Waals surface area contributed by atoms with E-state index < -0.39 is 20.6 Å². The van der Waals surface area contributed by atoms with Crippen LogP contribution in [-0.2, 0) is 10.0 Å². The zero-order valence-corrected chi connectivity index (χ0v) is 15.4. The van der Waals surface area contributed by atoms with Gasteiger partial charge in [-0.25, -0.2) is 8.42 Å². The van der Waals surface area contributed by atoms with Gasteiger partial charge in [0.05, 0.1) is 16.9 Å². The molecular formula is C18H14N4O5S. The van der Waals surface area contributed by atoms with Gasteiger partial charge in [0.15, 0.2) is 5.75 Å². The monoisotopic (exact) mass is 398 g/mol. The molecule has 2 N–H and O–H groups in total. The van der Waals surface area contributed by atoms with Gasteiger partial charge in [-0.05, 0) is 36.4 Å². The third kappa shape index (κ3) is 2.99. The van der Waals surface area contributed by atoms with Gasteiger partial charge in [-0.2, -0.15) is 0 Å². The summed E-state index contributed by atoms with van der Waals surface area (Å²) in [4.78, 5) is 17.6. The molecule has 142 valence electrons. The molecule has 10 heteroatoms. The predicted molar refractivity (Wildman–Crippen MR) is 104 cm³/mol. The number of nitro groups is 1. The number of nitrogens with zero attached hydrogens (tertiary/aromatic N) is 2. The predicted octanol–water partition coefficient (Wildman–Crippen LogP) is 3.43. The second-order valence-corrected chi connectivity index (χ2v) is 7.69. The van der Waals surface area contributed by atoms with E-state index in [1.165, 1.54) is 19.2 Å². The van der Waals surface area contributed by atoms with E-state index in [0.29, 0.717) is 5.69 Å². The Morgan fingerprint density at radius 1 is 1.11 bits per heavy atom. The Balaban J connectivity index is 1.74. The molecule has 9 nitrogen and oxygen atoms in total. The second-order valence-electron chi connectivity index (χ2n) is 6.00. The molecular weight excluding hydrogens is 384 g/mol. The lowest BCUT2D eigenvalue weighted by atomic mass is 10.2. The number of rotatable bonds is 5. The van der Waals surface area contributed by atoms with E-state index in [-0.39, 0.29) is 10.6 Å². The number of anilines is 1. The summed E-state index contributed by atoms with van der Waals surface area (Å²) in [7, 11) is -2.76. The average Bonchev–Trinajstić information content (AvgIpc) is 3.05. The zero-order chi connectivity index (χ0) is 19.9. The molecule has 28 heavy (non-hydrogen) atoms. The van der Waals surface area contributed by atoms with Gasteiger partial charge in [-0.3, -0.25) is 19.8 Å². The van der Waals surface area contributed by atoms with E-state index in [9.17, 15) is 18.5 Å². The lowest BCUT2D eigenvalue weighted by molar-refractivity contribution is -0.386. The summed E-state index contributed by atoms with van der Waals surface area (Å²) in [6, 6.07) is 10.4. The minimum absolute atomic E-state index is 0.0170. The Morgan fingerprint density at radius 2 is 1.89 bits per heavy atom. The quantitative estimate of drug-likeness (QED) is 0.392. The van der Waals surface area contributed by atoms with E-state index in [2.05, 4.69) is 14.7 Å². The van der Waals surface area contributed by atoms with E-state index in [1.807, 2.05) is 6.07 Å². The number of aromatic amines is 1. The fraction of sp³-hybridized carbons (Fsp3) is 0.0556. The van der Waals surface area contributed by atoms with Crippen molar-refractivity contribution in [2.24, 2.45) is 0 Å². The number of hydrogen-bond donors (Lipinski definition) is 2. The molecule has 0 atom stereocenters. The third-order valence-electron chi connectivity index (χ3n) is 4.31. The van der Waals surface area contributed by atoms with Crippen LogP contribution in [0.2, 0.25) is 0 Å². The molecule has 0 bridgehead atoms. The molecule has 0 aliphatic heterocycles. The first-order valence-electron chi connectivity index (χ1n) is 8.10. The summed E-state index contributed by atoms with van der Waals surface area (Å²) in [5.74, 6) is -0.0170. The first-order valence-corrected chi connectivity index (χ1v) is 9.58. The maximum atomic E-state index is 12.7. The Labute approximate surface area is 159 Å². The molecule has 2 aromatic heterocycles. The van der Waals surface area contributed by atoms with Crippen molar-refractivity contribution in [1.29, 1.82) is 0 Å². The largest absolute Gasteiger partial charge is 0.490 e. The van der Waals surface area contributed by atoms with Crippen molar-refractivity contribution in [3.8, 4) is 5.75 Å². The van der Waals surface area contributed by atoms with Crippen LogP contribution in [0.4, 0.5) is 11.4 Å². The summed E-state index contributed by atoms with van der Waals surface area (Å²) >= 11 is 0. The molecule has 0 saturated heterocycles. The molecule has 0 amide bonds. The van der Waals surface area contributed by atoms with Crippen LogP contribution >= 0.6 is 0 Å². The number of ether oxygens (including phenoxy) is 1. The SMILES string of the molecule is COc1ccc(S(=O)(=O)Nc2ccc3[nH]c4ccncc4c3c2)cc1[N+](=O)[O-]. The maximum absolute atomic E-state index is 12.7. The number of nitro benzene ring substituents is 1. The highest BCUT2D eigenvalue weighted by atomic mass is 32.2. The number of sulfonamides is 1. The molecule has 0 aliphatic carbocycles. The maximum Gasteiger partial charge on any atom is 0.312 e. The highest BCUT2D eigenvalue weighted by molar-refractivity contribution is 7.92. The van der Waals surface area contributed by atoms with Crippen molar-refractivity contribution in [2.75, 3.05) is 11.8 Å². The number of fused-ring (bicyclic) bond motifs is 3. The van der Waals surface area contributed by atoms with Gasteiger partial charge in [0.2, 0.25) is 0 Å². The normalized spacial score (nSPS) is 11.6. The Morgan fingerprint density at radius 3 is 2.64 bits per heavy atom. The number of nitrogens with one attached hydrogen (secondary N) is 2. The third-order valence-corrected chi connectivity index (χ3v) is 5.69. The summed E-state index contributed by atoms with van der Waals surface area (Å²) < 4.78 is 32.8. The van der Waals surface area contributed by atoms with E-state index >= 15 is 0 Å². The van der Waals surface area contributed by atoms with Crippen molar-refractivity contribution in [3.63, 3.8) is 0 Å². The minimum atomic E-state index is -4.04. The van der Waals surface area contributed by atoms with Crippen LogP contribution in [0.3, 0.4) is 0 Å². The molecule has 0 aliphatic rings. The standard InChI is InChI=1S/C18H14N4O5S/c1-27-18-5-3-12(9-17(18)22(23)24)28(25,26)21-11-2-4-15-13(8-11)14-10-19-7-6-16(14)20-15/h2-10,20-21H,1H3. The summed E-state index contributed by atoms with van der Waals surface area (Å²) in [6.07, 6.45) is 3.36. The number of hydrogen-bond acceptors (Lipinski definition) is 6. The number of benzene rings is 2. The lowest BCUT2D eigenvalue weighted by Crippen LogP contribution is -2.13. The average molecular weight is 398 g/mol. The molecule has 0 unspecified atom stereocenters. The van der Waals surface area contributed by atoms with Crippen LogP contribution in [-0.4, -0.2) is 30.4 Å². The van der Waals surface area contributed by atoms with Gasteiger partial charge in [0.25, 0.3) is 10.0 Å². The lowest BCUT2D eigenvalue weighted by Gasteiger charge is -2.09. The van der Waals surface area contributed by atoms with Crippen LogP contribution in [0, 0.1) is 10.1 Å². The van der Waals surface area contributed by atoms with Crippen LogP contribution in [0.15, 0.2) is 59.8 Å². The fourth-order valence-corrected chi connectivity index (χ4v) is 4.07. The Hall–Kier alpha value is -3.66. The summed E-state index contributed by atoms with van der Waals surface area (Å²) in [5.41, 5.74) is 1.63. The number of pyridine rings is 1. The van der Waals surface area contributed by atoms with Crippen LogP contribution < -0.4 is 9.46 Å². The van der Waals surface area contributed by atoms with Gasteiger partial charge >= 0.3 is 5.69 Å². The molecule has 0 radical (unpaired) electrons. The van der Waals surface area contributed by atoms with Crippen molar-refractivity contribution in [3.05, 3.63) is 65.0 Å². The van der Waals surface area contributed by atoms with Crippen LogP contribution in [0.1, 0.15) is 0 Å². The zero-order valence-electron chi connectivity index (χ0n) is 14.5. The number of aromatic nitrogens is 2. The molecule has 0 spiro atoms. The summed E-state index contributed by atoms with van der Waals surface area (Å²) in [6.45, 7) is 0. The minimum Gasteiger partial charge on any atom is -0.490 e. The smallest absolute Gasteiger partial charge is 0.312 e. The van der Waals surface area contributed by atoms with E-state index in [4.69, 9.17) is 4.74 Å². The molecule has 0 saturated carbocycles. The van der Waals surface area contributed by atoms with Crippen molar-refractivity contribution < 1.29 is 18.1 Å². The fourth-order valence-electron chi connectivity index (χ4n) is 3.00. The highest BCUT2D eigenvalue weighted by Crippen LogP contribution is 2.31. The Kier molecular flexibility index (Phi) is 4.12. The summed E-state index contributed by atoms with van der Waals surface area (Å²) in [5, 5.41) is 12.8. The van der Waals surface area contributed by atoms with E-state index in [1.54, 1.807) is 30.6 Å². The van der Waals surface area contributed by atoms with Crippen molar-refractivity contribution in [1.82, 2.24) is 9.97 Å². The molecule has 2 heterocycles. The highest BCUT2D eigenvalue weighted by Gasteiger charge is 2.22. The molecule has 0 fully saturated rings. The van der Waals surface area contributed by atoms with Gasteiger partial charge in [0.1, 0.15) is 0 Å². The van der Waals surface area contributed by atoms with Gasteiger partial charge < -0.3 is 9.72 Å². The van der Waals surface area contributed by atoms with Gasteiger partial charge in [-0.1, -0.05) is 0 Å². The first kappa shape index (κ1) is 17.7.